The van der Waals surface area contributed by atoms with Crippen molar-refractivity contribution in [1.29, 1.82) is 0 Å². The molecule has 2 N–H and O–H groups in total. The fourth-order valence-corrected chi connectivity index (χ4v) is 4.75. The SMILES string of the molecule is CCN(CC)C(CNC(=O)CN(C)S(=O)(=O)c1ccc(NC(C)=O)cc1)c1cccc(OC)c1. The molecule has 0 heterocycles. The predicted octanol–water partition coefficient (Wildman–Crippen LogP) is 2.47. The average Bonchev–Trinajstić information content (AvgIpc) is 2.81. The van der Waals surface area contributed by atoms with E-state index < -0.39 is 15.9 Å². The first-order chi connectivity index (χ1) is 16.1. The summed E-state index contributed by atoms with van der Waals surface area (Å²) in [5, 5.41) is 5.47. The van der Waals surface area contributed by atoms with Crippen LogP contribution in [0, 0.1) is 0 Å². The third-order valence-corrected chi connectivity index (χ3v) is 7.29. The molecule has 186 valence electrons. The van der Waals surface area contributed by atoms with Crippen molar-refractivity contribution in [3.63, 3.8) is 0 Å². The third-order valence-electron chi connectivity index (χ3n) is 5.47. The summed E-state index contributed by atoms with van der Waals surface area (Å²) < 4.78 is 32.1. The van der Waals surface area contributed by atoms with Crippen molar-refractivity contribution in [2.24, 2.45) is 0 Å². The number of hydrogen-bond acceptors (Lipinski definition) is 6. The highest BCUT2D eigenvalue weighted by Gasteiger charge is 2.24. The molecule has 1 unspecified atom stereocenters. The van der Waals surface area contributed by atoms with Gasteiger partial charge in [-0.1, -0.05) is 26.0 Å². The fraction of sp³-hybridized carbons (Fsp3) is 0.417. The summed E-state index contributed by atoms with van der Waals surface area (Å²) in [4.78, 5) is 26.1. The standard InChI is InChI=1S/C24H34N4O5S/c1-6-28(7-2)23(19-9-8-10-21(15-19)33-5)16-25-24(30)17-27(4)34(31,32)22-13-11-20(12-14-22)26-18(3)29/h8-15,23H,6-7,16-17H2,1-5H3,(H,25,30)(H,26,29). The summed E-state index contributed by atoms with van der Waals surface area (Å²) in [6, 6.07) is 13.4. The molecule has 2 aromatic carbocycles. The van der Waals surface area contributed by atoms with Gasteiger partial charge in [0.05, 0.1) is 24.6 Å². The van der Waals surface area contributed by atoms with Gasteiger partial charge in [-0.25, -0.2) is 8.42 Å². The number of amides is 2. The molecule has 0 aliphatic heterocycles. The number of sulfonamides is 1. The van der Waals surface area contributed by atoms with Crippen LogP contribution in [0.1, 0.15) is 32.4 Å². The highest BCUT2D eigenvalue weighted by molar-refractivity contribution is 7.89. The molecule has 0 aliphatic rings. The van der Waals surface area contributed by atoms with E-state index in [1.54, 1.807) is 7.11 Å². The van der Waals surface area contributed by atoms with Gasteiger partial charge in [0.15, 0.2) is 0 Å². The Balaban J connectivity index is 2.07. The Labute approximate surface area is 202 Å². The van der Waals surface area contributed by atoms with Gasteiger partial charge in [-0.15, -0.1) is 0 Å². The molecule has 0 saturated heterocycles. The molecule has 2 aromatic rings. The Morgan fingerprint density at radius 2 is 1.71 bits per heavy atom. The Bertz CT molecular complexity index is 1070. The highest BCUT2D eigenvalue weighted by Crippen LogP contribution is 2.24. The van der Waals surface area contributed by atoms with Crippen molar-refractivity contribution in [3.05, 3.63) is 54.1 Å². The van der Waals surface area contributed by atoms with Crippen LogP contribution in [0.3, 0.4) is 0 Å². The van der Waals surface area contributed by atoms with Crippen LogP contribution < -0.4 is 15.4 Å². The smallest absolute Gasteiger partial charge is 0.243 e. The van der Waals surface area contributed by atoms with E-state index in [0.29, 0.717) is 12.2 Å². The summed E-state index contributed by atoms with van der Waals surface area (Å²) in [6.07, 6.45) is 0. The minimum atomic E-state index is -3.87. The number of carbonyl (C=O) groups excluding carboxylic acids is 2. The maximum Gasteiger partial charge on any atom is 0.243 e. The van der Waals surface area contributed by atoms with E-state index in [1.807, 2.05) is 24.3 Å². The Morgan fingerprint density at radius 1 is 1.06 bits per heavy atom. The first kappa shape index (κ1) is 27.3. The summed E-state index contributed by atoms with van der Waals surface area (Å²) in [6.45, 7) is 7.06. The molecule has 34 heavy (non-hydrogen) atoms. The average molecular weight is 491 g/mol. The quantitative estimate of drug-likeness (QED) is 0.473. The molecule has 0 bridgehead atoms. The van der Waals surface area contributed by atoms with Gasteiger partial charge in [0, 0.05) is 26.2 Å². The number of methoxy groups -OCH3 is 1. The lowest BCUT2D eigenvalue weighted by Gasteiger charge is -2.30. The lowest BCUT2D eigenvalue weighted by atomic mass is 10.0. The van der Waals surface area contributed by atoms with Crippen molar-refractivity contribution in [2.45, 2.75) is 31.7 Å². The van der Waals surface area contributed by atoms with E-state index in [0.717, 1.165) is 28.7 Å². The van der Waals surface area contributed by atoms with Crippen molar-refractivity contribution in [3.8, 4) is 5.75 Å². The van der Waals surface area contributed by atoms with E-state index >= 15 is 0 Å². The molecule has 0 spiro atoms. The van der Waals surface area contributed by atoms with Crippen LogP contribution in [0.15, 0.2) is 53.4 Å². The maximum atomic E-state index is 12.9. The van der Waals surface area contributed by atoms with Gasteiger partial charge < -0.3 is 15.4 Å². The number of hydrogen-bond donors (Lipinski definition) is 2. The second-order valence-corrected chi connectivity index (χ2v) is 9.83. The number of benzene rings is 2. The molecule has 9 nitrogen and oxygen atoms in total. The third kappa shape index (κ3) is 7.28. The Morgan fingerprint density at radius 3 is 2.26 bits per heavy atom. The number of ether oxygens (including phenoxy) is 1. The highest BCUT2D eigenvalue weighted by atomic mass is 32.2. The topological polar surface area (TPSA) is 108 Å². The molecule has 0 radical (unpaired) electrons. The molecule has 2 amide bonds. The van der Waals surface area contributed by atoms with E-state index in [-0.39, 0.29) is 23.4 Å². The summed E-state index contributed by atoms with van der Waals surface area (Å²) in [5.74, 6) is 0.0821. The summed E-state index contributed by atoms with van der Waals surface area (Å²) >= 11 is 0. The first-order valence-corrected chi connectivity index (χ1v) is 12.5. The van der Waals surface area contributed by atoms with Gasteiger partial charge in [-0.05, 0) is 55.1 Å². The van der Waals surface area contributed by atoms with Gasteiger partial charge in [-0.2, -0.15) is 4.31 Å². The van der Waals surface area contributed by atoms with Crippen molar-refractivity contribution < 1.29 is 22.7 Å². The van der Waals surface area contributed by atoms with E-state index in [4.69, 9.17) is 4.74 Å². The van der Waals surface area contributed by atoms with Crippen LogP contribution >= 0.6 is 0 Å². The number of likely N-dealkylation sites (N-methyl/N-ethyl adjacent to an activating group) is 2. The fourth-order valence-electron chi connectivity index (χ4n) is 3.62. The maximum absolute atomic E-state index is 12.9. The molecule has 0 saturated carbocycles. The van der Waals surface area contributed by atoms with Gasteiger partial charge in [-0.3, -0.25) is 14.5 Å². The Hall–Kier alpha value is -2.95. The van der Waals surface area contributed by atoms with Crippen LogP contribution in [-0.4, -0.2) is 69.8 Å². The number of nitrogens with one attached hydrogen (secondary N) is 2. The van der Waals surface area contributed by atoms with Crippen LogP contribution in [0.4, 0.5) is 5.69 Å². The van der Waals surface area contributed by atoms with Gasteiger partial charge in [0.25, 0.3) is 0 Å². The number of carbonyl (C=O) groups is 2. The largest absolute Gasteiger partial charge is 0.497 e. The van der Waals surface area contributed by atoms with Crippen molar-refractivity contribution in [2.75, 3.05) is 45.7 Å². The lowest BCUT2D eigenvalue weighted by molar-refractivity contribution is -0.121. The van der Waals surface area contributed by atoms with Crippen LogP contribution in [-0.2, 0) is 19.6 Å². The minimum absolute atomic E-state index is 0.0364. The van der Waals surface area contributed by atoms with Crippen molar-refractivity contribution >= 4 is 27.5 Å². The van der Waals surface area contributed by atoms with Gasteiger partial charge >= 0.3 is 0 Å². The number of anilines is 1. The minimum Gasteiger partial charge on any atom is -0.497 e. The zero-order chi connectivity index (χ0) is 25.3. The normalized spacial score (nSPS) is 12.4. The molecular weight excluding hydrogens is 456 g/mol. The Kier molecular flexibility index (Phi) is 10.0. The molecular formula is C24H34N4O5S. The zero-order valence-electron chi connectivity index (χ0n) is 20.4. The molecule has 0 aliphatic carbocycles. The summed E-state index contributed by atoms with van der Waals surface area (Å²) in [7, 11) is -0.902. The van der Waals surface area contributed by atoms with Crippen LogP contribution in [0.5, 0.6) is 5.75 Å². The number of nitrogens with zero attached hydrogens (tertiary/aromatic N) is 2. The molecule has 10 heteroatoms. The van der Waals surface area contributed by atoms with E-state index in [1.165, 1.54) is 38.2 Å². The predicted molar refractivity (Wildman–Crippen MR) is 132 cm³/mol. The van der Waals surface area contributed by atoms with E-state index in [9.17, 15) is 18.0 Å². The second-order valence-electron chi connectivity index (χ2n) is 7.78. The van der Waals surface area contributed by atoms with Crippen LogP contribution in [0.2, 0.25) is 0 Å². The monoisotopic (exact) mass is 490 g/mol. The molecule has 0 fully saturated rings. The molecule has 2 rings (SSSR count). The summed E-state index contributed by atoms with van der Waals surface area (Å²) in [5.41, 5.74) is 1.50. The lowest BCUT2D eigenvalue weighted by Crippen LogP contribution is -2.42. The molecule has 0 aromatic heterocycles. The molecule has 1 atom stereocenters. The number of rotatable bonds is 12. The first-order valence-electron chi connectivity index (χ1n) is 11.1. The second kappa shape index (κ2) is 12.5. The van der Waals surface area contributed by atoms with Crippen LogP contribution in [0.25, 0.3) is 0 Å². The zero-order valence-corrected chi connectivity index (χ0v) is 21.2. The van der Waals surface area contributed by atoms with Gasteiger partial charge in [0.2, 0.25) is 21.8 Å². The van der Waals surface area contributed by atoms with Crippen molar-refractivity contribution in [1.82, 2.24) is 14.5 Å². The van der Waals surface area contributed by atoms with Gasteiger partial charge in [0.1, 0.15) is 5.75 Å². The van der Waals surface area contributed by atoms with E-state index in [2.05, 4.69) is 29.4 Å².